The van der Waals surface area contributed by atoms with E-state index in [0.29, 0.717) is 5.56 Å². The average molecular weight is 310 g/mol. The van der Waals surface area contributed by atoms with Gasteiger partial charge in [0.05, 0.1) is 0 Å². The molecule has 12 heavy (non-hydrogen) atoms. The quantitative estimate of drug-likeness (QED) is 0.639. The van der Waals surface area contributed by atoms with E-state index in [1.165, 1.54) is 0 Å². The molecule has 0 aromatic heterocycles. The maximum absolute atomic E-state index is 10.4. The van der Waals surface area contributed by atoms with Crippen LogP contribution in [0.25, 0.3) is 0 Å². The van der Waals surface area contributed by atoms with Gasteiger partial charge in [-0.05, 0) is 4.57 Å². The fourth-order valence-corrected chi connectivity index (χ4v) is 1.18. The van der Waals surface area contributed by atoms with E-state index in [-0.39, 0.29) is 51.7 Å². The molecule has 0 heterocycles. The molecule has 62 valence electrons. The standard InChI is InChI=1S/C7H7O3P.Ba.2H/c8-7(11(9)10)6-4-2-1-3-5-6;;;/h1-5,7-8H;;;/q;+2;2*-1/p+1. The summed E-state index contributed by atoms with van der Waals surface area (Å²) in [6.07, 6.45) is 0. The van der Waals surface area contributed by atoms with Gasteiger partial charge in [0, 0.05) is 5.56 Å². The Morgan fingerprint density at radius 3 is 2.25 bits per heavy atom. The van der Waals surface area contributed by atoms with Crippen molar-refractivity contribution in [2.75, 3.05) is 0 Å². The third-order valence-electron chi connectivity index (χ3n) is 1.31. The van der Waals surface area contributed by atoms with Gasteiger partial charge in [-0.1, -0.05) is 30.3 Å². The molecule has 1 aromatic rings. The van der Waals surface area contributed by atoms with Crippen molar-refractivity contribution in [1.82, 2.24) is 0 Å². The summed E-state index contributed by atoms with van der Waals surface area (Å²) < 4.78 is 10.4. The number of benzene rings is 1. The zero-order valence-corrected chi connectivity index (χ0v) is 11.8. The van der Waals surface area contributed by atoms with Gasteiger partial charge in [0.2, 0.25) is 0 Å². The minimum absolute atomic E-state index is 0. The predicted octanol–water partition coefficient (Wildman–Crippen LogP) is 1.26. The van der Waals surface area contributed by atoms with Crippen molar-refractivity contribution < 1.29 is 17.4 Å². The molecule has 3 nitrogen and oxygen atoms in total. The van der Waals surface area contributed by atoms with Crippen LogP contribution in [0, 0.1) is 0 Å². The third-order valence-corrected chi connectivity index (χ3v) is 2.02. The van der Waals surface area contributed by atoms with Crippen molar-refractivity contribution >= 4 is 56.9 Å². The molecule has 0 aliphatic carbocycles. The van der Waals surface area contributed by atoms with E-state index in [0.717, 1.165) is 0 Å². The molecule has 5 heteroatoms. The van der Waals surface area contributed by atoms with Gasteiger partial charge in [0.25, 0.3) is 0 Å². The van der Waals surface area contributed by atoms with E-state index in [9.17, 15) is 4.57 Å². The van der Waals surface area contributed by atoms with E-state index in [4.69, 9.17) is 10.00 Å². The second-order valence-corrected chi connectivity index (χ2v) is 3.18. The fraction of sp³-hybridized carbons (Fsp3) is 0.143. The van der Waals surface area contributed by atoms with E-state index in [1.807, 2.05) is 0 Å². The molecule has 0 spiro atoms. The molecule has 1 aromatic carbocycles. The molecule has 2 atom stereocenters. The molecule has 0 aliphatic rings. The van der Waals surface area contributed by atoms with Gasteiger partial charge < -0.3 is 7.96 Å². The minimum Gasteiger partial charge on any atom is -1.00 e. The van der Waals surface area contributed by atoms with E-state index in [1.54, 1.807) is 30.3 Å². The molecule has 0 fully saturated rings. The zero-order valence-electron chi connectivity index (χ0n) is 8.42. The molecule has 2 N–H and O–H groups in total. The van der Waals surface area contributed by atoms with Crippen LogP contribution in [0.1, 0.15) is 14.3 Å². The van der Waals surface area contributed by atoms with Crippen LogP contribution in [0.3, 0.4) is 0 Å². The van der Waals surface area contributed by atoms with Gasteiger partial charge >= 0.3 is 62.8 Å². The number of hydrogen-bond acceptors (Lipinski definition) is 2. The second-order valence-electron chi connectivity index (χ2n) is 2.09. The summed E-state index contributed by atoms with van der Waals surface area (Å²) in [4.78, 5) is 8.53. The summed E-state index contributed by atoms with van der Waals surface area (Å²) in [5.41, 5.74) is 0.469. The summed E-state index contributed by atoms with van der Waals surface area (Å²) in [7, 11) is -2.53. The van der Waals surface area contributed by atoms with Gasteiger partial charge in [-0.3, -0.25) is 0 Å². The monoisotopic (exact) mass is 311 g/mol. The van der Waals surface area contributed by atoms with Gasteiger partial charge in [0.15, 0.2) is 0 Å². The van der Waals surface area contributed by atoms with Crippen molar-refractivity contribution in [3.8, 4) is 0 Å². The summed E-state index contributed by atoms with van der Waals surface area (Å²) in [5, 5.41) is 9.06. The zero-order chi connectivity index (χ0) is 8.27. The minimum atomic E-state index is -2.53. The Hall–Kier alpha value is 0.811. The molecule has 0 bridgehead atoms. The van der Waals surface area contributed by atoms with Crippen LogP contribution in [0.15, 0.2) is 30.3 Å². The molecule has 0 amide bonds. The Bertz CT molecular complexity index is 260. The van der Waals surface area contributed by atoms with Crippen LogP contribution in [-0.4, -0.2) is 58.9 Å². The summed E-state index contributed by atoms with van der Waals surface area (Å²) in [5.74, 6) is -1.26. The maximum Gasteiger partial charge on any atom is 2.00 e. The fourth-order valence-electron chi connectivity index (χ4n) is 0.753. The van der Waals surface area contributed by atoms with E-state index >= 15 is 0 Å². The number of rotatable bonds is 2. The normalized spacial score (nSPS) is 13.0. The van der Waals surface area contributed by atoms with E-state index in [2.05, 4.69) is 0 Å². The second kappa shape index (κ2) is 6.29. The first-order valence-corrected chi connectivity index (χ1v) is 4.38. The Morgan fingerprint density at radius 1 is 1.33 bits per heavy atom. The van der Waals surface area contributed by atoms with Crippen molar-refractivity contribution in [2.24, 2.45) is 0 Å². The number of aliphatic hydroxyl groups excluding tert-OH is 1. The smallest absolute Gasteiger partial charge is 1.00 e. The summed E-state index contributed by atoms with van der Waals surface area (Å²) in [6, 6.07) is 8.40. The molecule has 2 unspecified atom stereocenters. The first-order chi connectivity index (χ1) is 5.22. The molecule has 0 aliphatic heterocycles. The van der Waals surface area contributed by atoms with Gasteiger partial charge in [0.1, 0.15) is 0 Å². The molecule has 0 saturated carbocycles. The van der Waals surface area contributed by atoms with Crippen LogP contribution in [-0.2, 0) is 4.57 Å². The first kappa shape index (κ1) is 12.8. The third kappa shape index (κ3) is 3.68. The average Bonchev–Trinajstić information content (AvgIpc) is 2.05. The van der Waals surface area contributed by atoms with Crippen LogP contribution in [0.2, 0.25) is 0 Å². The van der Waals surface area contributed by atoms with Crippen LogP contribution in [0.5, 0.6) is 0 Å². The van der Waals surface area contributed by atoms with Crippen molar-refractivity contribution in [1.29, 1.82) is 0 Å². The Labute approximate surface area is 115 Å². The van der Waals surface area contributed by atoms with Crippen molar-refractivity contribution in [3.05, 3.63) is 35.9 Å². The van der Waals surface area contributed by atoms with Gasteiger partial charge in [-0.25, -0.2) is 0 Å². The molecule has 0 saturated heterocycles. The van der Waals surface area contributed by atoms with Crippen molar-refractivity contribution in [2.45, 2.75) is 5.85 Å². The van der Waals surface area contributed by atoms with Crippen LogP contribution < -0.4 is 0 Å². The van der Waals surface area contributed by atoms with Crippen LogP contribution in [0.4, 0.5) is 0 Å². The Morgan fingerprint density at radius 2 is 1.83 bits per heavy atom. The molecular weight excluding hydrogens is 300 g/mol. The van der Waals surface area contributed by atoms with Gasteiger partial charge in [-0.2, -0.15) is 4.89 Å². The van der Waals surface area contributed by atoms with Crippen LogP contribution >= 0.6 is 8.03 Å². The van der Waals surface area contributed by atoms with E-state index < -0.39 is 13.9 Å². The van der Waals surface area contributed by atoms with Gasteiger partial charge in [-0.15, -0.1) is 0 Å². The van der Waals surface area contributed by atoms with Crippen molar-refractivity contribution in [3.63, 3.8) is 0 Å². The summed E-state index contributed by atoms with van der Waals surface area (Å²) in [6.45, 7) is 0. The number of hydrogen-bond donors (Lipinski definition) is 2. The number of aliphatic hydroxyl groups is 1. The summed E-state index contributed by atoms with van der Waals surface area (Å²) >= 11 is 0. The molecule has 0 radical (unpaired) electrons. The first-order valence-electron chi connectivity index (χ1n) is 3.10. The SMILES string of the molecule is O=[P+](O)C(O)c1ccccc1.[Ba+2].[H-].[H-]. The topological polar surface area (TPSA) is 57.5 Å². The Balaban J connectivity index is -0.000000403. The molecule has 1 rings (SSSR count). The maximum atomic E-state index is 10.4. The molecular formula is C7H10BaO3P+. The predicted molar refractivity (Wildman–Crippen MR) is 49.2 cm³/mol. The Kier molecular flexibility index (Phi) is 6.72. The largest absolute Gasteiger partial charge is 2.00 e.